The first-order valence-electron chi connectivity index (χ1n) is 11.0. The Bertz CT molecular complexity index is 1550. The van der Waals surface area contributed by atoms with E-state index in [-0.39, 0.29) is 28.3 Å². The monoisotopic (exact) mass is 529 g/mol. The number of aromatic nitrogens is 3. The highest BCUT2D eigenvalue weighted by Gasteiger charge is 2.28. The third-order valence-electron chi connectivity index (χ3n) is 6.04. The standard InChI is InChI=1S/C24H21Cl2N5O3S/c25-15-11-9-14(10-12-15)23-21(17-7-3-4-8-18(17)26)22(24(32)28-16-5-1-2-6-16)29-19-13-20(30-31(19)23)35(27,33)34/h3-4,7-13,16H,1-2,5-6H2,(H,28,32)(H2,27,33,34). The number of hydrogen-bond donors (Lipinski definition) is 2. The van der Waals surface area contributed by atoms with Crippen LogP contribution < -0.4 is 10.5 Å². The third kappa shape index (κ3) is 4.64. The molecule has 1 amide bonds. The fourth-order valence-corrected chi connectivity index (χ4v) is 5.22. The van der Waals surface area contributed by atoms with Gasteiger partial charge in [-0.15, -0.1) is 0 Å². The summed E-state index contributed by atoms with van der Waals surface area (Å²) < 4.78 is 25.6. The second-order valence-corrected chi connectivity index (χ2v) is 10.8. The van der Waals surface area contributed by atoms with E-state index in [4.69, 9.17) is 28.3 Å². The predicted octanol–water partition coefficient (Wildman–Crippen LogP) is 4.69. The Morgan fingerprint density at radius 1 is 1.06 bits per heavy atom. The van der Waals surface area contributed by atoms with Gasteiger partial charge in [0.15, 0.2) is 10.7 Å². The van der Waals surface area contributed by atoms with Crippen LogP contribution in [0.1, 0.15) is 36.2 Å². The van der Waals surface area contributed by atoms with Gasteiger partial charge in [-0.2, -0.15) is 5.10 Å². The minimum absolute atomic E-state index is 0.0449. The number of nitrogens with zero attached hydrogens (tertiary/aromatic N) is 3. The Balaban J connectivity index is 1.86. The van der Waals surface area contributed by atoms with Crippen LogP contribution in [-0.2, 0) is 10.0 Å². The zero-order valence-electron chi connectivity index (χ0n) is 18.4. The van der Waals surface area contributed by atoms with Crippen LogP contribution in [-0.4, -0.2) is 35.0 Å². The number of hydrogen-bond acceptors (Lipinski definition) is 5. The van der Waals surface area contributed by atoms with Crippen LogP contribution in [0, 0.1) is 0 Å². The number of benzene rings is 2. The smallest absolute Gasteiger partial charge is 0.270 e. The van der Waals surface area contributed by atoms with E-state index in [0.717, 1.165) is 25.7 Å². The van der Waals surface area contributed by atoms with Gasteiger partial charge in [0.2, 0.25) is 0 Å². The van der Waals surface area contributed by atoms with Crippen LogP contribution in [0.15, 0.2) is 59.6 Å². The second kappa shape index (κ2) is 9.23. The number of nitrogens with two attached hydrogens (primary N) is 1. The fourth-order valence-electron chi connectivity index (χ4n) is 4.40. The molecule has 1 aliphatic carbocycles. The number of fused-ring (bicyclic) bond motifs is 1. The maximum absolute atomic E-state index is 13.6. The molecular formula is C24H21Cl2N5O3S. The minimum atomic E-state index is -4.13. The predicted molar refractivity (Wildman–Crippen MR) is 135 cm³/mol. The quantitative estimate of drug-likeness (QED) is 0.388. The lowest BCUT2D eigenvalue weighted by atomic mass is 9.96. The molecule has 1 saturated carbocycles. The molecule has 8 nitrogen and oxygen atoms in total. The zero-order chi connectivity index (χ0) is 24.7. The lowest BCUT2D eigenvalue weighted by Crippen LogP contribution is -2.33. The van der Waals surface area contributed by atoms with Crippen molar-refractivity contribution in [1.82, 2.24) is 19.9 Å². The molecule has 0 saturated heterocycles. The largest absolute Gasteiger partial charge is 0.348 e. The first-order chi connectivity index (χ1) is 16.7. The number of amides is 1. The summed E-state index contributed by atoms with van der Waals surface area (Å²) in [6, 6.07) is 15.3. The summed E-state index contributed by atoms with van der Waals surface area (Å²) in [6.45, 7) is 0. The Hall–Kier alpha value is -2.98. The molecule has 2 heterocycles. The van der Waals surface area contributed by atoms with E-state index in [1.54, 1.807) is 48.5 Å². The van der Waals surface area contributed by atoms with E-state index < -0.39 is 10.0 Å². The number of primary sulfonamides is 1. The molecule has 0 radical (unpaired) electrons. The van der Waals surface area contributed by atoms with Crippen LogP contribution in [0.4, 0.5) is 0 Å². The summed E-state index contributed by atoms with van der Waals surface area (Å²) in [5.74, 6) is -0.372. The molecule has 2 aromatic heterocycles. The average molecular weight is 530 g/mol. The van der Waals surface area contributed by atoms with Crippen molar-refractivity contribution in [2.45, 2.75) is 36.8 Å². The molecule has 0 aliphatic heterocycles. The number of rotatable bonds is 5. The van der Waals surface area contributed by atoms with Crippen molar-refractivity contribution in [3.63, 3.8) is 0 Å². The van der Waals surface area contributed by atoms with Crippen LogP contribution in [0.25, 0.3) is 28.0 Å². The SMILES string of the molecule is NS(=O)(=O)c1cc2nc(C(=O)NC3CCCC3)c(-c3ccccc3Cl)c(-c3ccc(Cl)cc3)n2n1. The van der Waals surface area contributed by atoms with Crippen molar-refractivity contribution >= 4 is 44.8 Å². The molecule has 0 atom stereocenters. The average Bonchev–Trinajstić information content (AvgIpc) is 3.48. The molecule has 1 fully saturated rings. The van der Waals surface area contributed by atoms with E-state index in [9.17, 15) is 13.2 Å². The van der Waals surface area contributed by atoms with E-state index in [0.29, 0.717) is 32.4 Å². The maximum atomic E-state index is 13.6. The molecule has 1 aliphatic rings. The van der Waals surface area contributed by atoms with E-state index in [1.165, 1.54) is 10.6 Å². The van der Waals surface area contributed by atoms with Gasteiger partial charge in [-0.25, -0.2) is 23.1 Å². The number of carbonyl (C=O) groups is 1. The van der Waals surface area contributed by atoms with Gasteiger partial charge in [-0.1, -0.05) is 66.4 Å². The summed E-state index contributed by atoms with van der Waals surface area (Å²) in [6.07, 6.45) is 3.87. The van der Waals surface area contributed by atoms with Gasteiger partial charge in [0.05, 0.1) is 5.69 Å². The van der Waals surface area contributed by atoms with E-state index in [2.05, 4.69) is 15.4 Å². The zero-order valence-corrected chi connectivity index (χ0v) is 20.7. The van der Waals surface area contributed by atoms with Crippen LogP contribution in [0.3, 0.4) is 0 Å². The summed E-state index contributed by atoms with van der Waals surface area (Å²) in [4.78, 5) is 18.1. The first-order valence-corrected chi connectivity index (χ1v) is 13.3. The molecule has 35 heavy (non-hydrogen) atoms. The first kappa shape index (κ1) is 23.7. The van der Waals surface area contributed by atoms with Gasteiger partial charge in [0, 0.05) is 38.8 Å². The molecule has 0 spiro atoms. The third-order valence-corrected chi connectivity index (χ3v) is 7.40. The molecule has 4 aromatic rings. The van der Waals surface area contributed by atoms with Crippen LogP contribution >= 0.6 is 23.2 Å². The van der Waals surface area contributed by atoms with Gasteiger partial charge in [0.1, 0.15) is 5.69 Å². The maximum Gasteiger partial charge on any atom is 0.270 e. The van der Waals surface area contributed by atoms with Gasteiger partial charge in [-0.05, 0) is 31.0 Å². The Morgan fingerprint density at radius 3 is 2.40 bits per heavy atom. The van der Waals surface area contributed by atoms with Crippen molar-refractivity contribution in [3.05, 3.63) is 70.3 Å². The number of sulfonamides is 1. The molecular weight excluding hydrogens is 509 g/mol. The Morgan fingerprint density at radius 2 is 1.74 bits per heavy atom. The fraction of sp³-hybridized carbons (Fsp3) is 0.208. The molecule has 5 rings (SSSR count). The molecule has 0 bridgehead atoms. The Kier molecular flexibility index (Phi) is 6.27. The highest BCUT2D eigenvalue weighted by Crippen LogP contribution is 2.39. The summed E-state index contributed by atoms with van der Waals surface area (Å²) >= 11 is 12.7. The summed E-state index contributed by atoms with van der Waals surface area (Å²) in [7, 11) is -4.13. The molecule has 3 N–H and O–H groups in total. The van der Waals surface area contributed by atoms with Gasteiger partial charge < -0.3 is 5.32 Å². The second-order valence-electron chi connectivity index (χ2n) is 8.42. The normalized spacial score (nSPS) is 14.5. The van der Waals surface area contributed by atoms with Gasteiger partial charge in [0.25, 0.3) is 15.9 Å². The van der Waals surface area contributed by atoms with Crippen LogP contribution in [0.2, 0.25) is 10.0 Å². The summed E-state index contributed by atoms with van der Waals surface area (Å²) in [5.41, 5.74) is 2.32. The number of nitrogens with one attached hydrogen (secondary N) is 1. The summed E-state index contributed by atoms with van der Waals surface area (Å²) in [5, 5.41) is 13.2. The van der Waals surface area contributed by atoms with Crippen molar-refractivity contribution in [1.29, 1.82) is 0 Å². The lowest BCUT2D eigenvalue weighted by molar-refractivity contribution is 0.0933. The minimum Gasteiger partial charge on any atom is -0.348 e. The molecule has 180 valence electrons. The van der Waals surface area contributed by atoms with Crippen molar-refractivity contribution in [2.75, 3.05) is 0 Å². The van der Waals surface area contributed by atoms with E-state index >= 15 is 0 Å². The Labute approximate surface area is 212 Å². The molecule has 2 aromatic carbocycles. The number of halogens is 2. The van der Waals surface area contributed by atoms with Crippen molar-refractivity contribution < 1.29 is 13.2 Å². The van der Waals surface area contributed by atoms with E-state index in [1.807, 2.05) is 0 Å². The van der Waals surface area contributed by atoms with Crippen molar-refractivity contribution in [3.8, 4) is 22.4 Å². The highest BCUT2D eigenvalue weighted by atomic mass is 35.5. The van der Waals surface area contributed by atoms with Crippen molar-refractivity contribution in [2.24, 2.45) is 5.14 Å². The van der Waals surface area contributed by atoms with Crippen LogP contribution in [0.5, 0.6) is 0 Å². The van der Waals surface area contributed by atoms with Gasteiger partial charge >= 0.3 is 0 Å². The lowest BCUT2D eigenvalue weighted by Gasteiger charge is -2.19. The molecule has 0 unspecified atom stereocenters. The van der Waals surface area contributed by atoms with Gasteiger partial charge in [-0.3, -0.25) is 4.79 Å². The number of carbonyl (C=O) groups excluding carboxylic acids is 1. The highest BCUT2D eigenvalue weighted by molar-refractivity contribution is 7.89. The topological polar surface area (TPSA) is 119 Å². The molecule has 11 heteroatoms.